The second kappa shape index (κ2) is 12.3. The van der Waals surface area contributed by atoms with Gasteiger partial charge in [0, 0.05) is 30.2 Å². The Morgan fingerprint density at radius 1 is 1.00 bits per heavy atom. The first-order chi connectivity index (χ1) is 17.3. The first-order valence-electron chi connectivity index (χ1n) is 11.5. The molecule has 1 unspecified atom stereocenters. The Morgan fingerprint density at radius 2 is 1.75 bits per heavy atom. The van der Waals surface area contributed by atoms with Crippen LogP contribution in [0.1, 0.15) is 36.2 Å². The van der Waals surface area contributed by atoms with Gasteiger partial charge in [-0.25, -0.2) is 14.2 Å². The highest BCUT2D eigenvalue weighted by Gasteiger charge is 2.17. The Labute approximate surface area is 208 Å². The number of anilines is 4. The SMILES string of the molecule is CCNC(=O)Nc1cc(Nc2cccc(F)c2)c(C(=O)Nc2ccc(CC(CC)C(=O)O)cc2)cn1. The molecular weight excluding hydrogens is 465 g/mol. The normalized spacial score (nSPS) is 11.3. The van der Waals surface area contributed by atoms with Crippen LogP contribution in [0.25, 0.3) is 0 Å². The number of pyridine rings is 1. The summed E-state index contributed by atoms with van der Waals surface area (Å²) in [5.74, 6) is -2.04. The largest absolute Gasteiger partial charge is 0.481 e. The molecule has 0 saturated carbocycles. The van der Waals surface area contributed by atoms with E-state index in [1.807, 2.05) is 6.92 Å². The Balaban J connectivity index is 1.81. The van der Waals surface area contributed by atoms with E-state index < -0.39 is 29.6 Å². The number of carbonyl (C=O) groups excluding carboxylic acids is 2. The number of rotatable bonds is 10. The van der Waals surface area contributed by atoms with Gasteiger partial charge in [-0.1, -0.05) is 25.1 Å². The van der Waals surface area contributed by atoms with Crippen LogP contribution in [0.15, 0.2) is 60.8 Å². The van der Waals surface area contributed by atoms with Crippen LogP contribution in [0.3, 0.4) is 0 Å². The van der Waals surface area contributed by atoms with Crippen LogP contribution < -0.4 is 21.3 Å². The van der Waals surface area contributed by atoms with Gasteiger partial charge in [0.1, 0.15) is 11.6 Å². The van der Waals surface area contributed by atoms with Crippen molar-refractivity contribution in [1.82, 2.24) is 10.3 Å². The lowest BCUT2D eigenvalue weighted by atomic mass is 9.97. The summed E-state index contributed by atoms with van der Waals surface area (Å²) >= 11 is 0. The summed E-state index contributed by atoms with van der Waals surface area (Å²) in [6, 6.07) is 13.7. The third-order valence-electron chi connectivity index (χ3n) is 5.37. The molecule has 0 saturated heterocycles. The van der Waals surface area contributed by atoms with Crippen molar-refractivity contribution in [3.8, 4) is 0 Å². The van der Waals surface area contributed by atoms with Crippen LogP contribution in [0, 0.1) is 11.7 Å². The molecule has 3 amide bonds. The minimum absolute atomic E-state index is 0.168. The lowest BCUT2D eigenvalue weighted by Gasteiger charge is -2.15. The summed E-state index contributed by atoms with van der Waals surface area (Å²) in [6.07, 6.45) is 2.23. The van der Waals surface area contributed by atoms with Crippen molar-refractivity contribution in [2.24, 2.45) is 5.92 Å². The molecule has 0 bridgehead atoms. The average Bonchev–Trinajstić information content (AvgIpc) is 2.83. The molecule has 0 aliphatic heterocycles. The second-order valence-corrected chi connectivity index (χ2v) is 8.03. The number of carboxylic acid groups (broad SMARTS) is 1. The predicted octanol–water partition coefficient (Wildman–Crippen LogP) is 5.01. The molecule has 188 valence electrons. The highest BCUT2D eigenvalue weighted by atomic mass is 19.1. The van der Waals surface area contributed by atoms with Gasteiger partial charge in [0.05, 0.1) is 17.2 Å². The van der Waals surface area contributed by atoms with Crippen molar-refractivity contribution in [3.05, 3.63) is 77.7 Å². The van der Waals surface area contributed by atoms with Crippen molar-refractivity contribution in [3.63, 3.8) is 0 Å². The molecule has 0 radical (unpaired) electrons. The van der Waals surface area contributed by atoms with Gasteiger partial charge in [-0.2, -0.15) is 0 Å². The van der Waals surface area contributed by atoms with E-state index in [0.717, 1.165) is 5.56 Å². The summed E-state index contributed by atoms with van der Waals surface area (Å²) in [4.78, 5) is 40.4. The zero-order valence-corrected chi connectivity index (χ0v) is 20.0. The summed E-state index contributed by atoms with van der Waals surface area (Å²) in [6.45, 7) is 4.03. The van der Waals surface area contributed by atoms with E-state index in [4.69, 9.17) is 0 Å². The molecule has 36 heavy (non-hydrogen) atoms. The number of urea groups is 1. The zero-order valence-electron chi connectivity index (χ0n) is 20.0. The highest BCUT2D eigenvalue weighted by molar-refractivity contribution is 6.08. The fraction of sp³-hybridized carbons (Fsp3) is 0.231. The van der Waals surface area contributed by atoms with Gasteiger partial charge in [-0.05, 0) is 55.7 Å². The molecule has 0 aliphatic rings. The molecule has 1 atom stereocenters. The van der Waals surface area contributed by atoms with E-state index in [0.29, 0.717) is 36.4 Å². The number of hydrogen-bond donors (Lipinski definition) is 5. The Bertz CT molecular complexity index is 1230. The average molecular weight is 494 g/mol. The zero-order chi connectivity index (χ0) is 26.1. The van der Waals surface area contributed by atoms with Crippen LogP contribution in [0.5, 0.6) is 0 Å². The van der Waals surface area contributed by atoms with Gasteiger partial charge in [0.25, 0.3) is 5.91 Å². The van der Waals surface area contributed by atoms with E-state index in [-0.39, 0.29) is 11.4 Å². The molecule has 5 N–H and O–H groups in total. The van der Waals surface area contributed by atoms with Gasteiger partial charge >= 0.3 is 12.0 Å². The van der Waals surface area contributed by atoms with Gasteiger partial charge in [-0.3, -0.25) is 14.9 Å². The quantitative estimate of drug-likeness (QED) is 0.270. The van der Waals surface area contributed by atoms with E-state index >= 15 is 0 Å². The predicted molar refractivity (Wildman–Crippen MR) is 136 cm³/mol. The monoisotopic (exact) mass is 493 g/mol. The molecule has 3 aromatic rings. The standard InChI is InChI=1S/C26H28FN5O4/c1-3-17(25(34)35)12-16-8-10-19(11-9-16)31-24(33)21-15-29-23(32-26(36)28-4-2)14-22(21)30-20-7-5-6-18(27)13-20/h5-11,13-15,17H,3-4,12H2,1-2H3,(H,31,33)(H,34,35)(H3,28,29,30,32,36). The third kappa shape index (κ3) is 7.26. The fourth-order valence-corrected chi connectivity index (χ4v) is 3.46. The van der Waals surface area contributed by atoms with Crippen molar-refractivity contribution in [1.29, 1.82) is 0 Å². The second-order valence-electron chi connectivity index (χ2n) is 8.03. The van der Waals surface area contributed by atoms with E-state index in [2.05, 4.69) is 26.3 Å². The molecule has 0 fully saturated rings. The fourth-order valence-electron chi connectivity index (χ4n) is 3.46. The Hall–Kier alpha value is -4.47. The number of carbonyl (C=O) groups is 3. The molecule has 3 rings (SSSR count). The summed E-state index contributed by atoms with van der Waals surface area (Å²) < 4.78 is 13.7. The number of aromatic nitrogens is 1. The van der Waals surface area contributed by atoms with E-state index in [1.165, 1.54) is 30.5 Å². The highest BCUT2D eigenvalue weighted by Crippen LogP contribution is 2.25. The molecule has 0 spiro atoms. The molecule has 2 aromatic carbocycles. The van der Waals surface area contributed by atoms with Crippen molar-refractivity contribution >= 4 is 40.8 Å². The first-order valence-corrected chi connectivity index (χ1v) is 11.5. The molecular formula is C26H28FN5O4. The Kier molecular flexibility index (Phi) is 8.93. The molecule has 0 aliphatic carbocycles. The molecule has 1 aromatic heterocycles. The van der Waals surface area contributed by atoms with Gasteiger partial charge in [-0.15, -0.1) is 0 Å². The number of halogens is 1. The minimum Gasteiger partial charge on any atom is -0.481 e. The number of benzene rings is 2. The lowest BCUT2D eigenvalue weighted by Crippen LogP contribution is -2.28. The molecule has 9 nitrogen and oxygen atoms in total. The van der Waals surface area contributed by atoms with Gasteiger partial charge in [0.2, 0.25) is 0 Å². The molecule has 10 heteroatoms. The number of amides is 3. The van der Waals surface area contributed by atoms with E-state index in [1.54, 1.807) is 37.3 Å². The number of hydrogen-bond acceptors (Lipinski definition) is 5. The van der Waals surface area contributed by atoms with Crippen LogP contribution >= 0.6 is 0 Å². The minimum atomic E-state index is -0.842. The van der Waals surface area contributed by atoms with Crippen LogP contribution in [-0.2, 0) is 11.2 Å². The van der Waals surface area contributed by atoms with Crippen molar-refractivity contribution in [2.75, 3.05) is 22.5 Å². The number of nitrogens with one attached hydrogen (secondary N) is 4. The van der Waals surface area contributed by atoms with Crippen LogP contribution in [0.4, 0.5) is 32.1 Å². The smallest absolute Gasteiger partial charge is 0.320 e. The summed E-state index contributed by atoms with van der Waals surface area (Å²) in [5, 5.41) is 20.2. The lowest BCUT2D eigenvalue weighted by molar-refractivity contribution is -0.141. The molecule has 1 heterocycles. The van der Waals surface area contributed by atoms with Gasteiger partial charge < -0.3 is 21.1 Å². The summed E-state index contributed by atoms with van der Waals surface area (Å²) in [5.41, 5.74) is 2.24. The maximum absolute atomic E-state index is 13.7. The Morgan fingerprint density at radius 3 is 2.39 bits per heavy atom. The summed E-state index contributed by atoms with van der Waals surface area (Å²) in [7, 11) is 0. The van der Waals surface area contributed by atoms with E-state index in [9.17, 15) is 23.9 Å². The van der Waals surface area contributed by atoms with Gasteiger partial charge in [0.15, 0.2) is 0 Å². The third-order valence-corrected chi connectivity index (χ3v) is 5.37. The number of nitrogens with zero attached hydrogens (tertiary/aromatic N) is 1. The van der Waals surface area contributed by atoms with Crippen molar-refractivity contribution in [2.45, 2.75) is 26.7 Å². The topological polar surface area (TPSA) is 132 Å². The maximum atomic E-state index is 13.7. The van der Waals surface area contributed by atoms with Crippen LogP contribution in [0.2, 0.25) is 0 Å². The first kappa shape index (κ1) is 26.1. The van der Waals surface area contributed by atoms with Crippen molar-refractivity contribution < 1.29 is 23.9 Å². The maximum Gasteiger partial charge on any atom is 0.320 e. The van der Waals surface area contributed by atoms with Crippen LogP contribution in [-0.4, -0.2) is 34.5 Å². The number of carboxylic acids is 1. The number of aliphatic carboxylic acids is 1.